The minimum Gasteiger partial charge on any atom is -0.328 e. The Bertz CT molecular complexity index is 455. The molecule has 4 saturated carbocycles. The molecule has 7 atom stereocenters. The Morgan fingerprint density at radius 2 is 1.81 bits per heavy atom. The molecule has 0 aromatic carbocycles. The molecule has 0 radical (unpaired) electrons. The molecule has 118 valence electrons. The van der Waals surface area contributed by atoms with E-state index in [1.54, 1.807) is 5.57 Å². The van der Waals surface area contributed by atoms with Crippen molar-refractivity contribution < 1.29 is 0 Å². The molecule has 0 spiro atoms. The number of fused-ring (bicyclic) bond motifs is 5. The first kappa shape index (κ1) is 14.3. The summed E-state index contributed by atoms with van der Waals surface area (Å²) in [6, 6.07) is 0.486. The van der Waals surface area contributed by atoms with Crippen LogP contribution in [0.1, 0.15) is 71.6 Å². The van der Waals surface area contributed by atoms with Crippen LogP contribution in [0.15, 0.2) is 12.2 Å². The van der Waals surface area contributed by atoms with Crippen LogP contribution in [-0.4, -0.2) is 6.04 Å². The largest absolute Gasteiger partial charge is 0.328 e. The van der Waals surface area contributed by atoms with Crippen LogP contribution in [0, 0.1) is 34.5 Å². The fourth-order valence-corrected chi connectivity index (χ4v) is 7.20. The Kier molecular flexibility index (Phi) is 3.13. The highest BCUT2D eigenvalue weighted by molar-refractivity contribution is 5.21. The van der Waals surface area contributed by atoms with Gasteiger partial charge in [0.05, 0.1) is 0 Å². The standard InChI is InChI=1S/C20H33N/c1-13-4-7-17-16-6-5-14-12-15(21)8-10-20(14,3)18(16)9-11-19(13,17)2/h14-18H,1,4-12,21H2,2-3H3/t14?,15-,16-,17-,18-,19+,20-/m0/s1. The predicted molar refractivity (Wildman–Crippen MR) is 88.8 cm³/mol. The first-order chi connectivity index (χ1) is 9.95. The number of rotatable bonds is 0. The van der Waals surface area contributed by atoms with Gasteiger partial charge in [-0.1, -0.05) is 26.0 Å². The van der Waals surface area contributed by atoms with Crippen molar-refractivity contribution in [2.75, 3.05) is 0 Å². The summed E-state index contributed by atoms with van der Waals surface area (Å²) in [6.07, 6.45) is 12.5. The van der Waals surface area contributed by atoms with Crippen molar-refractivity contribution in [3.63, 3.8) is 0 Å². The first-order valence-corrected chi connectivity index (χ1v) is 9.39. The van der Waals surface area contributed by atoms with Gasteiger partial charge in [-0.2, -0.15) is 0 Å². The second-order valence-corrected chi connectivity index (χ2v) is 9.29. The van der Waals surface area contributed by atoms with Crippen LogP contribution in [0.25, 0.3) is 0 Å². The quantitative estimate of drug-likeness (QED) is 0.629. The van der Waals surface area contributed by atoms with Crippen LogP contribution in [0.4, 0.5) is 0 Å². The van der Waals surface area contributed by atoms with E-state index in [-0.39, 0.29) is 0 Å². The van der Waals surface area contributed by atoms with Crippen LogP contribution < -0.4 is 5.73 Å². The minimum atomic E-state index is 0.482. The SMILES string of the molecule is C=C1CC[C@H]2[C@@H]3CCC4C[C@@H](N)CC[C@]4(C)[C@H]3CC[C@]12C. The lowest BCUT2D eigenvalue weighted by Gasteiger charge is -2.60. The first-order valence-electron chi connectivity index (χ1n) is 9.39. The summed E-state index contributed by atoms with van der Waals surface area (Å²) in [6.45, 7) is 9.61. The van der Waals surface area contributed by atoms with Crippen molar-refractivity contribution in [2.24, 2.45) is 40.2 Å². The molecule has 0 saturated heterocycles. The third-order valence-electron chi connectivity index (χ3n) is 8.66. The maximum atomic E-state index is 6.28. The number of hydrogen-bond acceptors (Lipinski definition) is 1. The molecule has 0 heterocycles. The fourth-order valence-electron chi connectivity index (χ4n) is 7.20. The summed E-state index contributed by atoms with van der Waals surface area (Å²) in [5.41, 5.74) is 8.94. The lowest BCUT2D eigenvalue weighted by atomic mass is 9.45. The van der Waals surface area contributed by atoms with Crippen molar-refractivity contribution in [1.29, 1.82) is 0 Å². The molecule has 1 heteroatoms. The lowest BCUT2D eigenvalue weighted by Crippen LogP contribution is -2.54. The highest BCUT2D eigenvalue weighted by Gasteiger charge is 2.58. The molecule has 4 aliphatic rings. The summed E-state index contributed by atoms with van der Waals surface area (Å²) in [7, 11) is 0. The van der Waals surface area contributed by atoms with Crippen LogP contribution in [0.3, 0.4) is 0 Å². The van der Waals surface area contributed by atoms with E-state index in [1.807, 2.05) is 0 Å². The molecule has 2 N–H and O–H groups in total. The third-order valence-corrected chi connectivity index (χ3v) is 8.66. The number of nitrogens with two attached hydrogens (primary N) is 1. The molecule has 0 aromatic rings. The van der Waals surface area contributed by atoms with Crippen LogP contribution in [0.5, 0.6) is 0 Å². The molecule has 21 heavy (non-hydrogen) atoms. The van der Waals surface area contributed by atoms with E-state index >= 15 is 0 Å². The van der Waals surface area contributed by atoms with Crippen molar-refractivity contribution in [3.05, 3.63) is 12.2 Å². The van der Waals surface area contributed by atoms with E-state index in [4.69, 9.17) is 5.73 Å². The van der Waals surface area contributed by atoms with Gasteiger partial charge in [0.1, 0.15) is 0 Å². The van der Waals surface area contributed by atoms with Crippen LogP contribution in [-0.2, 0) is 0 Å². The molecule has 0 aromatic heterocycles. The highest BCUT2D eigenvalue weighted by Crippen LogP contribution is 2.66. The Morgan fingerprint density at radius 1 is 1.00 bits per heavy atom. The van der Waals surface area contributed by atoms with E-state index in [9.17, 15) is 0 Å². The zero-order valence-electron chi connectivity index (χ0n) is 14.0. The van der Waals surface area contributed by atoms with Gasteiger partial charge in [0.2, 0.25) is 0 Å². The summed E-state index contributed by atoms with van der Waals surface area (Å²) in [5.74, 6) is 3.82. The molecule has 4 rings (SSSR count). The van der Waals surface area contributed by atoms with Crippen molar-refractivity contribution in [1.82, 2.24) is 0 Å². The number of hydrogen-bond donors (Lipinski definition) is 1. The zero-order chi connectivity index (χ0) is 14.8. The Balaban J connectivity index is 1.64. The summed E-state index contributed by atoms with van der Waals surface area (Å²) < 4.78 is 0. The van der Waals surface area contributed by atoms with Gasteiger partial charge in [0, 0.05) is 6.04 Å². The van der Waals surface area contributed by atoms with Crippen LogP contribution >= 0.6 is 0 Å². The molecule has 0 amide bonds. The molecule has 0 bridgehead atoms. The smallest absolute Gasteiger partial charge is 0.00418 e. The highest BCUT2D eigenvalue weighted by atomic mass is 14.7. The average Bonchev–Trinajstić information content (AvgIpc) is 2.76. The molecule has 4 fully saturated rings. The van der Waals surface area contributed by atoms with E-state index in [0.29, 0.717) is 16.9 Å². The Morgan fingerprint density at radius 3 is 2.62 bits per heavy atom. The maximum absolute atomic E-state index is 6.28. The maximum Gasteiger partial charge on any atom is 0.00418 e. The van der Waals surface area contributed by atoms with Gasteiger partial charge >= 0.3 is 0 Å². The Labute approximate surface area is 130 Å². The predicted octanol–water partition coefficient (Wildman–Crippen LogP) is 4.91. The molecule has 1 nitrogen and oxygen atoms in total. The van der Waals surface area contributed by atoms with E-state index < -0.39 is 0 Å². The fraction of sp³-hybridized carbons (Fsp3) is 0.900. The normalized spacial score (nSPS) is 56.5. The molecular weight excluding hydrogens is 254 g/mol. The zero-order valence-corrected chi connectivity index (χ0v) is 14.0. The van der Waals surface area contributed by atoms with Gasteiger partial charge in [-0.15, -0.1) is 0 Å². The molecule has 4 aliphatic carbocycles. The van der Waals surface area contributed by atoms with E-state index in [1.165, 1.54) is 57.8 Å². The molecular formula is C20H33N. The summed E-state index contributed by atoms with van der Waals surface area (Å²) >= 11 is 0. The van der Waals surface area contributed by atoms with Gasteiger partial charge in [-0.25, -0.2) is 0 Å². The third kappa shape index (κ3) is 1.85. The van der Waals surface area contributed by atoms with Crippen LogP contribution in [0.2, 0.25) is 0 Å². The minimum absolute atomic E-state index is 0.482. The van der Waals surface area contributed by atoms with Crippen molar-refractivity contribution in [2.45, 2.75) is 77.7 Å². The van der Waals surface area contributed by atoms with Gasteiger partial charge in [0.15, 0.2) is 0 Å². The molecule has 1 unspecified atom stereocenters. The van der Waals surface area contributed by atoms with E-state index in [2.05, 4.69) is 20.4 Å². The van der Waals surface area contributed by atoms with Crippen molar-refractivity contribution >= 4 is 0 Å². The second-order valence-electron chi connectivity index (χ2n) is 9.29. The second kappa shape index (κ2) is 4.60. The Hall–Kier alpha value is -0.300. The van der Waals surface area contributed by atoms with Gasteiger partial charge < -0.3 is 5.73 Å². The van der Waals surface area contributed by atoms with Crippen molar-refractivity contribution in [3.8, 4) is 0 Å². The summed E-state index contributed by atoms with van der Waals surface area (Å²) in [5, 5.41) is 0. The van der Waals surface area contributed by atoms with Gasteiger partial charge in [-0.3, -0.25) is 0 Å². The van der Waals surface area contributed by atoms with Gasteiger partial charge in [0.25, 0.3) is 0 Å². The lowest BCUT2D eigenvalue weighted by molar-refractivity contribution is -0.0998. The topological polar surface area (TPSA) is 26.0 Å². The summed E-state index contributed by atoms with van der Waals surface area (Å²) in [4.78, 5) is 0. The average molecular weight is 287 g/mol. The monoisotopic (exact) mass is 287 g/mol. The molecule has 0 aliphatic heterocycles. The van der Waals surface area contributed by atoms with Gasteiger partial charge in [-0.05, 0) is 92.3 Å². The van der Waals surface area contributed by atoms with E-state index in [0.717, 1.165) is 23.7 Å². The number of allylic oxidation sites excluding steroid dienone is 1.